The van der Waals surface area contributed by atoms with Gasteiger partial charge in [0.2, 0.25) is 5.91 Å². The molecule has 1 amide bonds. The van der Waals surface area contributed by atoms with Crippen LogP contribution in [0, 0.1) is 22.7 Å². The number of rotatable bonds is 4. The lowest BCUT2D eigenvalue weighted by Crippen LogP contribution is -2.45. The van der Waals surface area contributed by atoms with Crippen LogP contribution in [0.1, 0.15) is 83.5 Å². The number of nitrogens with one attached hydrogen (secondary N) is 1. The Balaban J connectivity index is 1.35. The van der Waals surface area contributed by atoms with E-state index in [1.807, 2.05) is 0 Å². The third kappa shape index (κ3) is 3.70. The van der Waals surface area contributed by atoms with Crippen molar-refractivity contribution in [2.75, 3.05) is 18.1 Å². The number of sulfone groups is 1. The zero-order valence-corrected chi connectivity index (χ0v) is 16.9. The molecule has 4 aliphatic rings. The maximum atomic E-state index is 12.8. The molecule has 148 valence electrons. The summed E-state index contributed by atoms with van der Waals surface area (Å²) in [6.07, 6.45) is 15.7. The molecule has 0 bridgehead atoms. The van der Waals surface area contributed by atoms with Crippen molar-refractivity contribution in [2.45, 2.75) is 83.5 Å². The molecule has 1 spiro atoms. The molecule has 0 radical (unpaired) electrons. The van der Waals surface area contributed by atoms with Gasteiger partial charge >= 0.3 is 0 Å². The van der Waals surface area contributed by atoms with Gasteiger partial charge in [0.15, 0.2) is 0 Å². The van der Waals surface area contributed by atoms with Crippen molar-refractivity contribution in [1.29, 1.82) is 0 Å². The van der Waals surface area contributed by atoms with Crippen molar-refractivity contribution >= 4 is 15.7 Å². The third-order valence-corrected chi connectivity index (χ3v) is 9.92. The highest BCUT2D eigenvalue weighted by Gasteiger charge is 2.59. The lowest BCUT2D eigenvalue weighted by Gasteiger charge is -2.45. The highest BCUT2D eigenvalue weighted by atomic mass is 32.2. The molecule has 4 fully saturated rings. The molecule has 1 aliphatic heterocycles. The molecule has 3 saturated carbocycles. The highest BCUT2D eigenvalue weighted by molar-refractivity contribution is 7.91. The van der Waals surface area contributed by atoms with Gasteiger partial charge in [-0.3, -0.25) is 4.79 Å². The third-order valence-electron chi connectivity index (χ3n) is 8.26. The summed E-state index contributed by atoms with van der Waals surface area (Å²) < 4.78 is 23.4. The van der Waals surface area contributed by atoms with Gasteiger partial charge in [-0.1, -0.05) is 38.5 Å². The summed E-state index contributed by atoms with van der Waals surface area (Å²) in [4.78, 5) is 12.8. The minimum Gasteiger partial charge on any atom is -0.355 e. The molecule has 5 heteroatoms. The highest BCUT2D eigenvalue weighted by Crippen LogP contribution is 2.60. The van der Waals surface area contributed by atoms with Crippen LogP contribution in [0.3, 0.4) is 0 Å². The second-order valence-electron chi connectivity index (χ2n) is 9.75. The van der Waals surface area contributed by atoms with Crippen LogP contribution in [-0.4, -0.2) is 32.4 Å². The first-order valence-corrected chi connectivity index (χ1v) is 12.8. The second kappa shape index (κ2) is 7.10. The van der Waals surface area contributed by atoms with Crippen LogP contribution in [0.4, 0.5) is 0 Å². The fourth-order valence-electron chi connectivity index (χ4n) is 6.30. The average molecular weight is 382 g/mol. The summed E-state index contributed by atoms with van der Waals surface area (Å²) in [6.45, 7) is 0.862. The van der Waals surface area contributed by atoms with Gasteiger partial charge in [-0.2, -0.15) is 0 Å². The number of hydrogen-bond acceptors (Lipinski definition) is 3. The smallest absolute Gasteiger partial charge is 0.223 e. The van der Waals surface area contributed by atoms with Crippen LogP contribution in [0.5, 0.6) is 0 Å². The monoisotopic (exact) mass is 381 g/mol. The molecular formula is C21H35NO3S. The van der Waals surface area contributed by atoms with E-state index >= 15 is 0 Å². The zero-order chi connectivity index (χ0) is 18.3. The summed E-state index contributed by atoms with van der Waals surface area (Å²) in [5.41, 5.74) is 0.353. The van der Waals surface area contributed by atoms with E-state index in [9.17, 15) is 13.2 Å². The van der Waals surface area contributed by atoms with Crippen molar-refractivity contribution in [3.8, 4) is 0 Å². The lowest BCUT2D eigenvalue weighted by atomic mass is 9.61. The molecule has 4 nitrogen and oxygen atoms in total. The first kappa shape index (κ1) is 18.8. The van der Waals surface area contributed by atoms with Gasteiger partial charge in [0.25, 0.3) is 0 Å². The second-order valence-corrected chi connectivity index (χ2v) is 12.1. The number of carbonyl (C=O) groups excluding carboxylic acids is 1. The standard InChI is InChI=1S/C21H35NO3S/c23-19(18-15-20(18)11-13-26(24,25)14-12-20)22-16-21(9-5-2-6-10-21)17-7-3-1-4-8-17/h17-18H,1-16H2,(H,22,23)/t18-/m1/s1. The molecule has 1 N–H and O–H groups in total. The van der Waals surface area contributed by atoms with E-state index in [0.29, 0.717) is 18.3 Å². The van der Waals surface area contributed by atoms with Crippen molar-refractivity contribution < 1.29 is 13.2 Å². The Morgan fingerprint density at radius 3 is 2.15 bits per heavy atom. The largest absolute Gasteiger partial charge is 0.355 e. The van der Waals surface area contributed by atoms with Gasteiger partial charge in [-0.05, 0) is 61.7 Å². The first-order valence-electron chi connectivity index (χ1n) is 10.9. The fourth-order valence-corrected chi connectivity index (χ4v) is 7.94. The first-order chi connectivity index (χ1) is 12.4. The van der Waals surface area contributed by atoms with Crippen LogP contribution in [0.25, 0.3) is 0 Å². The molecule has 3 aliphatic carbocycles. The minimum absolute atomic E-state index is 0.0139. The summed E-state index contributed by atoms with van der Waals surface area (Å²) in [5, 5.41) is 3.36. The average Bonchev–Trinajstić information content (AvgIpc) is 3.39. The number of hydrogen-bond donors (Lipinski definition) is 1. The van der Waals surface area contributed by atoms with Crippen molar-refractivity contribution in [2.24, 2.45) is 22.7 Å². The summed E-state index contributed by atoms with van der Waals surface area (Å²) in [5.74, 6) is 1.64. The SMILES string of the molecule is O=C(NCC1(C2CCCCC2)CCCCC1)[C@H]1CC12CCS(=O)(=O)CC2. The molecule has 26 heavy (non-hydrogen) atoms. The van der Waals surface area contributed by atoms with Crippen molar-refractivity contribution in [1.82, 2.24) is 5.32 Å². The molecule has 1 heterocycles. The van der Waals surface area contributed by atoms with E-state index in [1.54, 1.807) is 0 Å². The molecule has 0 aromatic rings. The molecule has 0 unspecified atom stereocenters. The van der Waals surface area contributed by atoms with Gasteiger partial charge in [-0.25, -0.2) is 8.42 Å². The minimum atomic E-state index is -2.85. The summed E-state index contributed by atoms with van der Waals surface area (Å²) in [6, 6.07) is 0. The topological polar surface area (TPSA) is 63.2 Å². The van der Waals surface area contributed by atoms with Gasteiger partial charge < -0.3 is 5.32 Å². The van der Waals surface area contributed by atoms with Gasteiger partial charge in [0.1, 0.15) is 9.84 Å². The molecule has 1 saturated heterocycles. The Bertz CT molecular complexity index is 616. The van der Waals surface area contributed by atoms with Crippen LogP contribution < -0.4 is 5.32 Å². The van der Waals surface area contributed by atoms with Crippen LogP contribution in [-0.2, 0) is 14.6 Å². The number of carbonyl (C=O) groups is 1. The normalized spacial score (nSPS) is 32.8. The van der Waals surface area contributed by atoms with Crippen LogP contribution in [0.15, 0.2) is 0 Å². The van der Waals surface area contributed by atoms with Gasteiger partial charge in [-0.15, -0.1) is 0 Å². The molecule has 1 atom stereocenters. The molecule has 0 aromatic heterocycles. The van der Waals surface area contributed by atoms with Gasteiger partial charge in [0.05, 0.1) is 11.5 Å². The van der Waals surface area contributed by atoms with E-state index in [0.717, 1.165) is 18.9 Å². The lowest BCUT2D eigenvalue weighted by molar-refractivity contribution is -0.124. The zero-order valence-electron chi connectivity index (χ0n) is 16.1. The number of amides is 1. The Morgan fingerprint density at radius 1 is 0.885 bits per heavy atom. The summed E-state index contributed by atoms with van der Waals surface area (Å²) >= 11 is 0. The van der Waals surface area contributed by atoms with E-state index in [-0.39, 0.29) is 28.7 Å². The van der Waals surface area contributed by atoms with E-state index in [1.165, 1.54) is 64.2 Å². The van der Waals surface area contributed by atoms with Crippen molar-refractivity contribution in [3.05, 3.63) is 0 Å². The Kier molecular flexibility index (Phi) is 5.13. The van der Waals surface area contributed by atoms with Gasteiger partial charge in [0, 0.05) is 12.5 Å². The Morgan fingerprint density at radius 2 is 1.50 bits per heavy atom. The fraction of sp³-hybridized carbons (Fsp3) is 0.952. The predicted molar refractivity (Wildman–Crippen MR) is 104 cm³/mol. The van der Waals surface area contributed by atoms with E-state index in [4.69, 9.17) is 0 Å². The van der Waals surface area contributed by atoms with E-state index in [2.05, 4.69) is 5.32 Å². The Labute approximate surface area is 158 Å². The van der Waals surface area contributed by atoms with Crippen molar-refractivity contribution in [3.63, 3.8) is 0 Å². The maximum Gasteiger partial charge on any atom is 0.223 e. The van der Waals surface area contributed by atoms with Crippen LogP contribution in [0.2, 0.25) is 0 Å². The quantitative estimate of drug-likeness (QED) is 0.804. The summed E-state index contributed by atoms with van der Waals surface area (Å²) in [7, 11) is -2.85. The Hall–Kier alpha value is -0.580. The predicted octanol–water partition coefficient (Wildman–Crippen LogP) is 3.85. The molecule has 0 aromatic carbocycles. The van der Waals surface area contributed by atoms with E-state index < -0.39 is 9.84 Å². The molecular weight excluding hydrogens is 346 g/mol. The van der Waals surface area contributed by atoms with Crippen LogP contribution >= 0.6 is 0 Å². The molecule has 4 rings (SSSR count). The maximum absolute atomic E-state index is 12.8.